The summed E-state index contributed by atoms with van der Waals surface area (Å²) in [5.41, 5.74) is 2.51. The number of amides is 2. The first kappa shape index (κ1) is 19.7. The Balaban J connectivity index is 1.34. The molecule has 0 spiro atoms. The normalized spacial score (nSPS) is 22.7. The molecular weight excluding hydrogens is 390 g/mol. The number of hydrogen-bond acceptors (Lipinski definition) is 3. The Morgan fingerprint density at radius 2 is 2.10 bits per heavy atom. The minimum atomic E-state index is -0.675. The lowest BCUT2D eigenvalue weighted by Crippen LogP contribution is -2.47. The second-order valence-electron chi connectivity index (χ2n) is 8.60. The van der Waals surface area contributed by atoms with Crippen LogP contribution in [0, 0.1) is 0 Å². The van der Waals surface area contributed by atoms with Crippen molar-refractivity contribution in [1.29, 1.82) is 0 Å². The molecule has 3 heterocycles. The van der Waals surface area contributed by atoms with E-state index in [1.807, 2.05) is 59.6 Å². The molecule has 31 heavy (non-hydrogen) atoms. The van der Waals surface area contributed by atoms with Gasteiger partial charge in [-0.15, -0.1) is 0 Å². The summed E-state index contributed by atoms with van der Waals surface area (Å²) in [5.74, 6) is 0.998. The Hall–Kier alpha value is -3.28. The van der Waals surface area contributed by atoms with E-state index in [2.05, 4.69) is 10.3 Å². The Morgan fingerprint density at radius 1 is 1.26 bits per heavy atom. The van der Waals surface area contributed by atoms with Crippen LogP contribution in [0.3, 0.4) is 0 Å². The van der Waals surface area contributed by atoms with Crippen LogP contribution in [0.25, 0.3) is 10.9 Å². The number of H-pyrrole nitrogens is 1. The summed E-state index contributed by atoms with van der Waals surface area (Å²) in [7, 11) is 1.66. The number of aromatic nitrogens is 1. The van der Waals surface area contributed by atoms with Gasteiger partial charge in [0.2, 0.25) is 11.8 Å². The molecule has 3 aromatic rings. The largest absolute Gasteiger partial charge is 0.497 e. The molecule has 160 valence electrons. The van der Waals surface area contributed by atoms with Gasteiger partial charge in [0, 0.05) is 42.7 Å². The number of nitrogens with one attached hydrogen (secondary N) is 2. The fraction of sp³-hybridized carbons (Fsp3) is 0.360. The maximum atomic E-state index is 13.5. The summed E-state index contributed by atoms with van der Waals surface area (Å²) in [6, 6.07) is 16.0. The fourth-order valence-electron chi connectivity index (χ4n) is 5.21. The molecule has 2 aliphatic rings. The van der Waals surface area contributed by atoms with Crippen molar-refractivity contribution in [3.63, 3.8) is 0 Å². The molecule has 2 amide bonds. The molecule has 5 rings (SSSR count). The van der Waals surface area contributed by atoms with Crippen molar-refractivity contribution in [1.82, 2.24) is 15.2 Å². The number of carbonyl (C=O) groups excluding carboxylic acids is 2. The molecule has 1 aromatic heterocycles. The number of ether oxygens (including phenoxy) is 1. The highest BCUT2D eigenvalue weighted by molar-refractivity contribution is 5.91. The van der Waals surface area contributed by atoms with Crippen molar-refractivity contribution < 1.29 is 14.3 Å². The maximum absolute atomic E-state index is 13.5. The number of methoxy groups -OCH3 is 1. The molecule has 6 nitrogen and oxygen atoms in total. The third-order valence-electron chi connectivity index (χ3n) is 6.89. The van der Waals surface area contributed by atoms with Crippen molar-refractivity contribution in [3.8, 4) is 5.75 Å². The van der Waals surface area contributed by atoms with Crippen molar-refractivity contribution >= 4 is 22.7 Å². The van der Waals surface area contributed by atoms with Crippen LogP contribution in [0.2, 0.25) is 0 Å². The van der Waals surface area contributed by atoms with Gasteiger partial charge in [-0.3, -0.25) is 9.59 Å². The van der Waals surface area contributed by atoms with E-state index in [0.29, 0.717) is 25.9 Å². The maximum Gasteiger partial charge on any atom is 0.232 e. The van der Waals surface area contributed by atoms with Crippen LogP contribution in [-0.4, -0.2) is 47.9 Å². The number of carbonyl (C=O) groups is 2. The molecular formula is C25H27N3O3. The topological polar surface area (TPSA) is 74.4 Å². The number of aromatic amines is 1. The quantitative estimate of drug-likeness (QED) is 0.647. The summed E-state index contributed by atoms with van der Waals surface area (Å²) < 4.78 is 5.35. The minimum Gasteiger partial charge on any atom is -0.497 e. The number of benzene rings is 2. The first-order chi connectivity index (χ1) is 15.1. The fourth-order valence-corrected chi connectivity index (χ4v) is 5.21. The van der Waals surface area contributed by atoms with E-state index in [1.165, 1.54) is 0 Å². The average Bonchev–Trinajstić information content (AvgIpc) is 3.49. The monoisotopic (exact) mass is 417 g/mol. The second kappa shape index (κ2) is 7.76. The predicted molar refractivity (Wildman–Crippen MR) is 119 cm³/mol. The summed E-state index contributed by atoms with van der Waals surface area (Å²) in [6.07, 6.45) is 4.85. The lowest BCUT2D eigenvalue weighted by atomic mass is 9.77. The first-order valence-electron chi connectivity index (χ1n) is 10.9. The van der Waals surface area contributed by atoms with Crippen LogP contribution >= 0.6 is 0 Å². The molecule has 2 saturated heterocycles. The summed E-state index contributed by atoms with van der Waals surface area (Å²) >= 11 is 0. The number of hydrogen-bond donors (Lipinski definition) is 2. The highest BCUT2D eigenvalue weighted by Gasteiger charge is 2.53. The van der Waals surface area contributed by atoms with Crippen LogP contribution in [0.4, 0.5) is 0 Å². The van der Waals surface area contributed by atoms with Crippen molar-refractivity contribution in [2.24, 2.45) is 0 Å². The van der Waals surface area contributed by atoms with E-state index in [1.54, 1.807) is 7.11 Å². The minimum absolute atomic E-state index is 0.0123. The number of nitrogens with zero attached hydrogens (tertiary/aromatic N) is 1. The van der Waals surface area contributed by atoms with Gasteiger partial charge >= 0.3 is 0 Å². The zero-order valence-electron chi connectivity index (χ0n) is 17.7. The molecule has 0 bridgehead atoms. The van der Waals surface area contributed by atoms with Gasteiger partial charge in [0.15, 0.2) is 0 Å². The molecule has 2 N–H and O–H groups in total. The SMILES string of the molecule is COc1ccc2[nH]cc(CCNC(=O)[C@@]3(c4ccccc4)C[C@@H]4CCC(=O)N4C3)c2c1. The zero-order valence-corrected chi connectivity index (χ0v) is 17.7. The Morgan fingerprint density at radius 3 is 2.87 bits per heavy atom. The van der Waals surface area contributed by atoms with Crippen molar-refractivity contribution in [2.45, 2.75) is 37.1 Å². The number of rotatable bonds is 6. The molecule has 0 radical (unpaired) electrons. The van der Waals surface area contributed by atoms with Gasteiger partial charge in [-0.25, -0.2) is 0 Å². The molecule has 0 unspecified atom stereocenters. The lowest BCUT2D eigenvalue weighted by Gasteiger charge is -2.29. The predicted octanol–water partition coefficient (Wildman–Crippen LogP) is 3.17. The Labute approximate surface area is 181 Å². The van der Waals surface area contributed by atoms with Crippen LogP contribution in [0.5, 0.6) is 5.75 Å². The Kier molecular flexibility index (Phi) is 4.93. The summed E-state index contributed by atoms with van der Waals surface area (Å²) in [5, 5.41) is 4.29. The smallest absolute Gasteiger partial charge is 0.232 e. The first-order valence-corrected chi connectivity index (χ1v) is 10.9. The van der Waals surface area contributed by atoms with Gasteiger partial charge in [-0.05, 0) is 48.6 Å². The average molecular weight is 418 g/mol. The molecule has 2 aromatic carbocycles. The third-order valence-corrected chi connectivity index (χ3v) is 6.89. The van der Waals surface area contributed by atoms with E-state index >= 15 is 0 Å². The molecule has 2 fully saturated rings. The third kappa shape index (κ3) is 3.36. The second-order valence-corrected chi connectivity index (χ2v) is 8.60. The van der Waals surface area contributed by atoms with Gasteiger partial charge < -0.3 is 19.9 Å². The molecule has 6 heteroatoms. The molecule has 0 aliphatic carbocycles. The van der Waals surface area contributed by atoms with Gasteiger partial charge in [0.1, 0.15) is 5.75 Å². The van der Waals surface area contributed by atoms with E-state index in [9.17, 15) is 9.59 Å². The van der Waals surface area contributed by atoms with Crippen LogP contribution in [-0.2, 0) is 21.4 Å². The summed E-state index contributed by atoms with van der Waals surface area (Å²) in [4.78, 5) is 31.0. The van der Waals surface area contributed by atoms with E-state index in [-0.39, 0.29) is 17.9 Å². The highest BCUT2D eigenvalue weighted by Crippen LogP contribution is 2.43. The van der Waals surface area contributed by atoms with Crippen LogP contribution in [0.15, 0.2) is 54.7 Å². The number of fused-ring (bicyclic) bond motifs is 2. The zero-order chi connectivity index (χ0) is 21.4. The highest BCUT2D eigenvalue weighted by atomic mass is 16.5. The molecule has 2 aliphatic heterocycles. The van der Waals surface area contributed by atoms with Crippen LogP contribution in [0.1, 0.15) is 30.4 Å². The molecule has 0 saturated carbocycles. The Bertz CT molecular complexity index is 1120. The van der Waals surface area contributed by atoms with Gasteiger partial charge in [0.05, 0.1) is 12.5 Å². The van der Waals surface area contributed by atoms with Crippen LogP contribution < -0.4 is 10.1 Å². The van der Waals surface area contributed by atoms with Gasteiger partial charge in [-0.2, -0.15) is 0 Å². The standard InChI is InChI=1S/C25H27N3O3/c1-31-20-8-9-22-21(13-20)17(15-27-22)11-12-26-24(30)25(18-5-3-2-4-6-18)14-19-7-10-23(29)28(19)16-25/h2-6,8-9,13,15,19,27H,7,10-12,14,16H2,1H3,(H,26,30)/t19-,25-/m0/s1. The van der Waals surface area contributed by atoms with Crippen molar-refractivity contribution in [2.75, 3.05) is 20.2 Å². The van der Waals surface area contributed by atoms with E-state index in [4.69, 9.17) is 4.74 Å². The van der Waals surface area contributed by atoms with Crippen molar-refractivity contribution in [3.05, 3.63) is 65.9 Å². The lowest BCUT2D eigenvalue weighted by molar-refractivity contribution is -0.129. The summed E-state index contributed by atoms with van der Waals surface area (Å²) in [6.45, 7) is 1.01. The van der Waals surface area contributed by atoms with E-state index < -0.39 is 5.41 Å². The van der Waals surface area contributed by atoms with Gasteiger partial charge in [0.25, 0.3) is 0 Å². The van der Waals surface area contributed by atoms with Gasteiger partial charge in [-0.1, -0.05) is 30.3 Å². The molecule has 2 atom stereocenters. The van der Waals surface area contributed by atoms with E-state index in [0.717, 1.165) is 40.6 Å².